The van der Waals surface area contributed by atoms with Gasteiger partial charge in [0.05, 0.1) is 11.8 Å². The van der Waals surface area contributed by atoms with Crippen LogP contribution in [0.15, 0.2) is 24.3 Å². The van der Waals surface area contributed by atoms with Gasteiger partial charge in [0.2, 0.25) is 5.91 Å². The number of primary amides is 1. The van der Waals surface area contributed by atoms with Crippen molar-refractivity contribution in [1.29, 1.82) is 0 Å². The number of hydrogen-bond acceptors (Lipinski definition) is 3. The molecule has 0 spiro atoms. The van der Waals surface area contributed by atoms with E-state index < -0.39 is 0 Å². The quantitative estimate of drug-likeness (QED) is 0.853. The predicted octanol–water partition coefficient (Wildman–Crippen LogP) is 3.14. The third kappa shape index (κ3) is 3.99. The number of aryl methyl sites for hydroxylation is 2. The summed E-state index contributed by atoms with van der Waals surface area (Å²) in [7, 11) is 0. The fourth-order valence-electron chi connectivity index (χ4n) is 2.82. The third-order valence-electron chi connectivity index (χ3n) is 4.04. The largest absolute Gasteiger partial charge is 0.374 e. The molecule has 23 heavy (non-hydrogen) atoms. The Morgan fingerprint density at radius 2 is 1.96 bits per heavy atom. The molecule has 5 heteroatoms. The molecule has 1 aromatic heterocycles. The molecule has 1 heterocycles. The first-order valence-corrected chi connectivity index (χ1v) is 7.98. The second-order valence-electron chi connectivity index (χ2n) is 5.70. The molecule has 1 amide bonds. The van der Waals surface area contributed by atoms with Crippen molar-refractivity contribution in [3.63, 3.8) is 0 Å². The highest BCUT2D eigenvalue weighted by molar-refractivity contribution is 5.73. The molecule has 0 aliphatic carbocycles. The van der Waals surface area contributed by atoms with Crippen molar-refractivity contribution >= 4 is 5.91 Å². The van der Waals surface area contributed by atoms with Gasteiger partial charge in [-0.05, 0) is 38.8 Å². The zero-order valence-electron chi connectivity index (χ0n) is 14.3. The lowest BCUT2D eigenvalue weighted by Crippen LogP contribution is -2.15. The van der Waals surface area contributed by atoms with Gasteiger partial charge in [-0.15, -0.1) is 0 Å². The maximum absolute atomic E-state index is 11.0. The minimum atomic E-state index is -0.312. The van der Waals surface area contributed by atoms with E-state index >= 15 is 0 Å². The normalized spacial score (nSPS) is 12.3. The van der Waals surface area contributed by atoms with Gasteiger partial charge in [0.25, 0.3) is 0 Å². The van der Waals surface area contributed by atoms with Crippen molar-refractivity contribution in [3.8, 4) is 11.1 Å². The van der Waals surface area contributed by atoms with Crippen molar-refractivity contribution < 1.29 is 9.53 Å². The van der Waals surface area contributed by atoms with Gasteiger partial charge in [-0.25, -0.2) is 0 Å². The van der Waals surface area contributed by atoms with E-state index in [1.165, 1.54) is 0 Å². The Balaban J connectivity index is 2.26. The van der Waals surface area contributed by atoms with Crippen molar-refractivity contribution in [1.82, 2.24) is 9.78 Å². The van der Waals surface area contributed by atoms with Crippen molar-refractivity contribution in [2.24, 2.45) is 5.73 Å². The fraction of sp³-hybridized carbons (Fsp3) is 0.444. The van der Waals surface area contributed by atoms with Crippen LogP contribution in [0.25, 0.3) is 11.1 Å². The second kappa shape index (κ2) is 7.42. The summed E-state index contributed by atoms with van der Waals surface area (Å²) < 4.78 is 7.47. The van der Waals surface area contributed by atoms with Crippen LogP contribution in [0.2, 0.25) is 0 Å². The monoisotopic (exact) mass is 315 g/mol. The van der Waals surface area contributed by atoms with Crippen LogP contribution >= 0.6 is 0 Å². The van der Waals surface area contributed by atoms with Gasteiger partial charge in [0.1, 0.15) is 0 Å². The highest BCUT2D eigenvalue weighted by atomic mass is 16.5. The Morgan fingerprint density at radius 1 is 1.30 bits per heavy atom. The van der Waals surface area contributed by atoms with E-state index in [1.807, 2.05) is 25.5 Å². The zero-order valence-corrected chi connectivity index (χ0v) is 14.3. The number of rotatable bonds is 7. The van der Waals surface area contributed by atoms with Crippen LogP contribution in [-0.4, -0.2) is 22.3 Å². The van der Waals surface area contributed by atoms with Gasteiger partial charge in [-0.2, -0.15) is 5.10 Å². The van der Waals surface area contributed by atoms with Crippen LogP contribution in [0.3, 0.4) is 0 Å². The lowest BCUT2D eigenvalue weighted by atomic mass is 10.0. The van der Waals surface area contributed by atoms with E-state index in [1.54, 1.807) is 0 Å². The minimum Gasteiger partial charge on any atom is -0.374 e. The van der Waals surface area contributed by atoms with E-state index in [-0.39, 0.29) is 12.0 Å². The summed E-state index contributed by atoms with van der Waals surface area (Å²) in [5.41, 5.74) is 10.6. The maximum Gasteiger partial charge on any atom is 0.219 e. The van der Waals surface area contributed by atoms with Crippen molar-refractivity contribution in [2.75, 3.05) is 6.61 Å². The SMILES string of the molecule is CCOC(C)c1ccc(-c2c(C)nn(CCC(N)=O)c2C)cc1. The first kappa shape index (κ1) is 17.2. The molecule has 1 atom stereocenters. The van der Waals surface area contributed by atoms with Crippen molar-refractivity contribution in [2.45, 2.75) is 46.8 Å². The summed E-state index contributed by atoms with van der Waals surface area (Å²) in [6.45, 7) is 9.27. The topological polar surface area (TPSA) is 70.1 Å². The molecule has 1 unspecified atom stereocenters. The van der Waals surface area contributed by atoms with E-state index in [0.717, 1.165) is 28.1 Å². The van der Waals surface area contributed by atoms with Crippen LogP contribution < -0.4 is 5.73 Å². The lowest BCUT2D eigenvalue weighted by Gasteiger charge is -2.12. The zero-order chi connectivity index (χ0) is 17.0. The Hall–Kier alpha value is -2.14. The number of benzene rings is 1. The Labute approximate surface area is 137 Å². The minimum absolute atomic E-state index is 0.0922. The number of nitrogens with zero attached hydrogens (tertiary/aromatic N) is 2. The summed E-state index contributed by atoms with van der Waals surface area (Å²) >= 11 is 0. The summed E-state index contributed by atoms with van der Waals surface area (Å²) in [6, 6.07) is 8.38. The van der Waals surface area contributed by atoms with Crippen LogP contribution in [0.5, 0.6) is 0 Å². The van der Waals surface area contributed by atoms with Gasteiger partial charge in [-0.1, -0.05) is 24.3 Å². The average molecular weight is 315 g/mol. The Kier molecular flexibility index (Phi) is 5.55. The first-order chi connectivity index (χ1) is 10.9. The molecule has 2 aromatic rings. The number of amides is 1. The summed E-state index contributed by atoms with van der Waals surface area (Å²) in [4.78, 5) is 11.0. The average Bonchev–Trinajstić information content (AvgIpc) is 2.80. The standard InChI is InChI=1S/C18H25N3O2/c1-5-23-14(4)15-6-8-16(9-7-15)18-12(2)20-21(13(18)3)11-10-17(19)22/h6-9,14H,5,10-11H2,1-4H3,(H2,19,22). The fourth-order valence-corrected chi connectivity index (χ4v) is 2.82. The first-order valence-electron chi connectivity index (χ1n) is 7.98. The molecule has 1 aromatic carbocycles. The van der Waals surface area contributed by atoms with Gasteiger partial charge in [0.15, 0.2) is 0 Å². The molecular weight excluding hydrogens is 290 g/mol. The van der Waals surface area contributed by atoms with E-state index in [2.05, 4.69) is 36.3 Å². The van der Waals surface area contributed by atoms with Crippen LogP contribution in [0, 0.1) is 13.8 Å². The molecule has 0 aliphatic rings. The molecule has 2 N–H and O–H groups in total. The summed E-state index contributed by atoms with van der Waals surface area (Å²) in [6.07, 6.45) is 0.390. The predicted molar refractivity (Wildman–Crippen MR) is 91.0 cm³/mol. The van der Waals surface area contributed by atoms with E-state index in [9.17, 15) is 4.79 Å². The second-order valence-corrected chi connectivity index (χ2v) is 5.70. The molecule has 124 valence electrons. The molecular formula is C18H25N3O2. The molecule has 0 saturated carbocycles. The smallest absolute Gasteiger partial charge is 0.219 e. The lowest BCUT2D eigenvalue weighted by molar-refractivity contribution is -0.118. The van der Waals surface area contributed by atoms with Gasteiger partial charge >= 0.3 is 0 Å². The molecule has 0 bridgehead atoms. The number of aromatic nitrogens is 2. The van der Waals surface area contributed by atoms with Gasteiger partial charge in [0, 0.05) is 30.8 Å². The Morgan fingerprint density at radius 3 is 2.52 bits per heavy atom. The summed E-state index contributed by atoms with van der Waals surface area (Å²) in [5, 5.41) is 4.53. The van der Waals surface area contributed by atoms with E-state index in [0.29, 0.717) is 19.6 Å². The molecule has 0 aliphatic heterocycles. The maximum atomic E-state index is 11.0. The molecule has 5 nitrogen and oxygen atoms in total. The molecule has 0 radical (unpaired) electrons. The number of ether oxygens (including phenoxy) is 1. The van der Waals surface area contributed by atoms with Crippen LogP contribution in [0.4, 0.5) is 0 Å². The van der Waals surface area contributed by atoms with E-state index in [4.69, 9.17) is 10.5 Å². The Bertz CT molecular complexity index is 674. The van der Waals surface area contributed by atoms with Crippen molar-refractivity contribution in [3.05, 3.63) is 41.2 Å². The van der Waals surface area contributed by atoms with Gasteiger partial charge in [-0.3, -0.25) is 9.48 Å². The number of nitrogens with two attached hydrogens (primary N) is 1. The summed E-state index contributed by atoms with van der Waals surface area (Å²) in [5.74, 6) is -0.312. The van der Waals surface area contributed by atoms with Crippen LogP contribution in [0.1, 0.15) is 43.3 Å². The third-order valence-corrected chi connectivity index (χ3v) is 4.04. The number of hydrogen-bond donors (Lipinski definition) is 1. The molecule has 0 saturated heterocycles. The van der Waals surface area contributed by atoms with Crippen LogP contribution in [-0.2, 0) is 16.1 Å². The highest BCUT2D eigenvalue weighted by Crippen LogP contribution is 2.28. The highest BCUT2D eigenvalue weighted by Gasteiger charge is 2.14. The van der Waals surface area contributed by atoms with Gasteiger partial charge < -0.3 is 10.5 Å². The molecule has 0 fully saturated rings. The number of carbonyl (C=O) groups is 1. The molecule has 2 rings (SSSR count). The number of carbonyl (C=O) groups excluding carboxylic acids is 1.